The molecule has 0 saturated carbocycles. The van der Waals surface area contributed by atoms with Gasteiger partial charge < -0.3 is 15.2 Å². The predicted octanol–water partition coefficient (Wildman–Crippen LogP) is 1.54. The molecule has 0 aromatic carbocycles. The van der Waals surface area contributed by atoms with Crippen molar-refractivity contribution in [3.05, 3.63) is 35.2 Å². The molecule has 2 N–H and O–H groups in total. The fraction of sp³-hybridized carbons (Fsp3) is 0.294. The second-order valence-corrected chi connectivity index (χ2v) is 5.35. The Balaban J connectivity index is 2.33. The first-order valence-corrected chi connectivity index (χ1v) is 7.64. The van der Waals surface area contributed by atoms with Gasteiger partial charge in [-0.2, -0.15) is 10.2 Å². The van der Waals surface area contributed by atoms with Crippen molar-refractivity contribution in [3.8, 4) is 11.9 Å². The standard InChI is InChI=1S/C17H18N4O4/c1-11-5-3-7-21-14(9-13(10-18)17(23)24)16(20-15(11)21)25-8-4-6-19-12(2)22/h3,5,7,9H,4,6,8H2,1-2H3,(H,19,22)(H,23,24). The van der Waals surface area contributed by atoms with Crippen molar-refractivity contribution in [3.63, 3.8) is 0 Å². The fourth-order valence-electron chi connectivity index (χ4n) is 2.22. The maximum atomic E-state index is 11.1. The number of hydrogen-bond donors (Lipinski definition) is 2. The van der Waals surface area contributed by atoms with E-state index >= 15 is 0 Å². The lowest BCUT2D eigenvalue weighted by molar-refractivity contribution is -0.132. The number of carboxylic acids is 1. The highest BCUT2D eigenvalue weighted by Gasteiger charge is 2.16. The van der Waals surface area contributed by atoms with Crippen LogP contribution < -0.4 is 10.1 Å². The second kappa shape index (κ2) is 7.97. The normalized spacial score (nSPS) is 11.2. The van der Waals surface area contributed by atoms with Gasteiger partial charge in [-0.1, -0.05) is 6.07 Å². The van der Waals surface area contributed by atoms with Crippen LogP contribution in [0.5, 0.6) is 5.88 Å². The Morgan fingerprint density at radius 1 is 1.52 bits per heavy atom. The van der Waals surface area contributed by atoms with Crippen LogP contribution in [0.25, 0.3) is 11.7 Å². The largest absolute Gasteiger partial charge is 0.477 e. The number of nitriles is 1. The van der Waals surface area contributed by atoms with Crippen LogP contribution in [0.4, 0.5) is 0 Å². The summed E-state index contributed by atoms with van der Waals surface area (Å²) >= 11 is 0. The van der Waals surface area contributed by atoms with E-state index < -0.39 is 11.5 Å². The van der Waals surface area contributed by atoms with Gasteiger partial charge >= 0.3 is 5.97 Å². The van der Waals surface area contributed by atoms with Crippen molar-refractivity contribution in [2.75, 3.05) is 13.2 Å². The predicted molar refractivity (Wildman–Crippen MR) is 90.0 cm³/mol. The smallest absolute Gasteiger partial charge is 0.346 e. The number of carbonyl (C=O) groups is 2. The summed E-state index contributed by atoms with van der Waals surface area (Å²) in [6, 6.07) is 5.33. The number of carbonyl (C=O) groups excluding carboxylic acids is 1. The third-order valence-corrected chi connectivity index (χ3v) is 3.41. The van der Waals surface area contributed by atoms with Gasteiger partial charge in [-0.3, -0.25) is 9.20 Å². The van der Waals surface area contributed by atoms with Crippen LogP contribution in [0.15, 0.2) is 23.9 Å². The molecule has 8 nitrogen and oxygen atoms in total. The molecular formula is C17H18N4O4. The summed E-state index contributed by atoms with van der Waals surface area (Å²) in [4.78, 5) is 26.4. The minimum absolute atomic E-state index is 0.118. The first-order valence-electron chi connectivity index (χ1n) is 7.64. The molecule has 0 aliphatic rings. The van der Waals surface area contributed by atoms with Gasteiger partial charge in [-0.25, -0.2) is 4.79 Å². The molecule has 0 aliphatic carbocycles. The molecule has 2 aromatic rings. The first-order chi connectivity index (χ1) is 11.9. The van der Waals surface area contributed by atoms with Gasteiger partial charge in [0.2, 0.25) is 11.8 Å². The molecule has 0 saturated heterocycles. The molecule has 2 aromatic heterocycles. The van der Waals surface area contributed by atoms with E-state index in [4.69, 9.17) is 15.1 Å². The number of fused-ring (bicyclic) bond motifs is 1. The van der Waals surface area contributed by atoms with Crippen molar-refractivity contribution >= 4 is 23.6 Å². The van der Waals surface area contributed by atoms with Crippen LogP contribution in [-0.4, -0.2) is 39.5 Å². The highest BCUT2D eigenvalue weighted by molar-refractivity contribution is 5.96. The Morgan fingerprint density at radius 3 is 2.92 bits per heavy atom. The Bertz CT molecular complexity index is 877. The van der Waals surface area contributed by atoms with Crippen LogP contribution in [0.2, 0.25) is 0 Å². The first kappa shape index (κ1) is 18.0. The third-order valence-electron chi connectivity index (χ3n) is 3.41. The summed E-state index contributed by atoms with van der Waals surface area (Å²) in [5, 5.41) is 20.7. The molecule has 2 rings (SSSR count). The summed E-state index contributed by atoms with van der Waals surface area (Å²) in [7, 11) is 0. The van der Waals surface area contributed by atoms with Crippen LogP contribution in [-0.2, 0) is 9.59 Å². The van der Waals surface area contributed by atoms with Crippen LogP contribution in [0.3, 0.4) is 0 Å². The number of hydrogen-bond acceptors (Lipinski definition) is 5. The number of ether oxygens (including phenoxy) is 1. The molecule has 0 fully saturated rings. The number of carboxylic acid groups (broad SMARTS) is 1. The van der Waals surface area contributed by atoms with Gasteiger partial charge in [0.25, 0.3) is 0 Å². The second-order valence-electron chi connectivity index (χ2n) is 5.35. The number of imidazole rings is 1. The molecule has 2 heterocycles. The third kappa shape index (κ3) is 4.35. The summed E-state index contributed by atoms with van der Waals surface area (Å²) in [5.41, 5.74) is 1.48. The monoisotopic (exact) mass is 342 g/mol. The number of nitrogens with zero attached hydrogens (tertiary/aromatic N) is 3. The van der Waals surface area contributed by atoms with E-state index in [1.807, 2.05) is 13.0 Å². The lowest BCUT2D eigenvalue weighted by Gasteiger charge is -2.05. The number of rotatable bonds is 7. The summed E-state index contributed by atoms with van der Waals surface area (Å²) in [5.74, 6) is -1.19. The topological polar surface area (TPSA) is 117 Å². The van der Waals surface area contributed by atoms with Gasteiger partial charge in [-0.15, -0.1) is 0 Å². The van der Waals surface area contributed by atoms with Crippen molar-refractivity contribution in [1.29, 1.82) is 5.26 Å². The quantitative estimate of drug-likeness (QED) is 0.448. The summed E-state index contributed by atoms with van der Waals surface area (Å²) < 4.78 is 7.33. The number of aliphatic carboxylic acids is 1. The van der Waals surface area contributed by atoms with E-state index in [-0.39, 0.29) is 11.8 Å². The summed E-state index contributed by atoms with van der Waals surface area (Å²) in [6.45, 7) is 4.06. The molecule has 0 unspecified atom stereocenters. The average molecular weight is 342 g/mol. The van der Waals surface area contributed by atoms with Gasteiger partial charge in [0.15, 0.2) is 0 Å². The SMILES string of the molecule is CC(=O)NCCCOc1nc2c(C)cccn2c1C=C(C#N)C(=O)O. The lowest BCUT2D eigenvalue weighted by Crippen LogP contribution is -2.22. The Kier molecular flexibility index (Phi) is 5.74. The molecule has 0 aliphatic heterocycles. The highest BCUT2D eigenvalue weighted by Crippen LogP contribution is 2.24. The van der Waals surface area contributed by atoms with Gasteiger partial charge in [0, 0.05) is 19.7 Å². The summed E-state index contributed by atoms with van der Waals surface area (Å²) in [6.07, 6.45) is 3.53. The fourth-order valence-corrected chi connectivity index (χ4v) is 2.22. The van der Waals surface area contributed by atoms with Crippen LogP contribution in [0, 0.1) is 18.3 Å². The molecule has 0 bridgehead atoms. The van der Waals surface area contributed by atoms with E-state index in [9.17, 15) is 9.59 Å². The Labute approximate surface area is 144 Å². The Morgan fingerprint density at radius 2 is 2.28 bits per heavy atom. The molecule has 8 heteroatoms. The number of amides is 1. The van der Waals surface area contributed by atoms with Crippen molar-refractivity contribution in [2.24, 2.45) is 0 Å². The molecule has 0 spiro atoms. The highest BCUT2D eigenvalue weighted by atomic mass is 16.5. The maximum Gasteiger partial charge on any atom is 0.346 e. The van der Waals surface area contributed by atoms with Gasteiger partial charge in [0.1, 0.15) is 23.0 Å². The average Bonchev–Trinajstić information content (AvgIpc) is 2.90. The van der Waals surface area contributed by atoms with Gasteiger partial charge in [-0.05, 0) is 31.1 Å². The van der Waals surface area contributed by atoms with Crippen molar-refractivity contribution in [1.82, 2.24) is 14.7 Å². The number of nitrogens with one attached hydrogen (secondary N) is 1. The van der Waals surface area contributed by atoms with E-state index in [0.717, 1.165) is 5.56 Å². The number of aryl methyl sites for hydroxylation is 1. The minimum atomic E-state index is -1.32. The molecule has 0 atom stereocenters. The molecule has 25 heavy (non-hydrogen) atoms. The molecule has 0 radical (unpaired) electrons. The molecular weight excluding hydrogens is 324 g/mol. The van der Waals surface area contributed by atoms with Crippen molar-refractivity contribution < 1.29 is 19.4 Å². The molecule has 130 valence electrons. The Hall–Kier alpha value is -3.34. The zero-order valence-electron chi connectivity index (χ0n) is 13.9. The number of pyridine rings is 1. The van der Waals surface area contributed by atoms with E-state index in [1.54, 1.807) is 22.7 Å². The lowest BCUT2D eigenvalue weighted by atomic mass is 10.2. The van der Waals surface area contributed by atoms with E-state index in [1.165, 1.54) is 13.0 Å². The van der Waals surface area contributed by atoms with Gasteiger partial charge in [0.05, 0.1) is 6.61 Å². The van der Waals surface area contributed by atoms with Crippen LogP contribution in [0.1, 0.15) is 24.6 Å². The molecule has 1 amide bonds. The van der Waals surface area contributed by atoms with Crippen molar-refractivity contribution in [2.45, 2.75) is 20.3 Å². The van der Waals surface area contributed by atoms with Crippen LogP contribution >= 0.6 is 0 Å². The minimum Gasteiger partial charge on any atom is -0.477 e. The maximum absolute atomic E-state index is 11.1. The number of aromatic nitrogens is 2. The van der Waals surface area contributed by atoms with E-state index in [0.29, 0.717) is 30.9 Å². The zero-order valence-corrected chi connectivity index (χ0v) is 13.9. The van der Waals surface area contributed by atoms with E-state index in [2.05, 4.69) is 10.3 Å². The zero-order chi connectivity index (χ0) is 18.4.